The smallest absolute Gasteiger partial charge is 0.192 e. The molecule has 1 nitrogen and oxygen atoms in total. The Morgan fingerprint density at radius 1 is 1.42 bits per heavy atom. The molecule has 19 heavy (non-hydrogen) atoms. The fraction of sp³-hybridized carbons (Fsp3) is 0.765. The van der Waals surface area contributed by atoms with Gasteiger partial charge in [-0.15, -0.1) is 0 Å². The fourth-order valence-corrected chi connectivity index (χ4v) is 3.64. The predicted octanol–water partition coefficient (Wildman–Crippen LogP) is 5.70. The summed E-state index contributed by atoms with van der Waals surface area (Å²) in [6.07, 6.45) is 6.04. The largest absolute Gasteiger partial charge is 0.410 e. The lowest BCUT2D eigenvalue weighted by Gasteiger charge is -2.41. The van der Waals surface area contributed by atoms with Crippen LogP contribution >= 0.6 is 0 Å². The first kappa shape index (κ1) is 16.7. The van der Waals surface area contributed by atoms with E-state index >= 15 is 0 Å². The molecule has 0 aromatic rings. The van der Waals surface area contributed by atoms with E-state index in [1.54, 1.807) is 0 Å². The maximum Gasteiger partial charge on any atom is 0.192 e. The van der Waals surface area contributed by atoms with Crippen molar-refractivity contribution < 1.29 is 4.43 Å². The van der Waals surface area contributed by atoms with Crippen LogP contribution in [0.2, 0.25) is 18.1 Å². The van der Waals surface area contributed by atoms with Gasteiger partial charge >= 0.3 is 0 Å². The Kier molecular flexibility index (Phi) is 5.25. The molecule has 2 atom stereocenters. The molecule has 0 aliphatic heterocycles. The lowest BCUT2D eigenvalue weighted by molar-refractivity contribution is 0.179. The van der Waals surface area contributed by atoms with Gasteiger partial charge in [0, 0.05) is 0 Å². The molecule has 0 fully saturated rings. The summed E-state index contributed by atoms with van der Waals surface area (Å²) in [4.78, 5) is 0. The maximum absolute atomic E-state index is 6.61. The van der Waals surface area contributed by atoms with Crippen molar-refractivity contribution in [1.82, 2.24) is 0 Å². The first-order valence-electron chi connectivity index (χ1n) is 7.60. The number of allylic oxidation sites excluding steroid dienone is 2. The molecule has 0 amide bonds. The SMILES string of the molecule is C=C(CC)[C@@H]1CC=C(C)[C@H](O[Si](C)(C)C(C)(C)C)C1. The lowest BCUT2D eigenvalue weighted by Crippen LogP contribution is -2.45. The van der Waals surface area contributed by atoms with Crippen LogP contribution in [0, 0.1) is 5.92 Å². The van der Waals surface area contributed by atoms with E-state index in [2.05, 4.69) is 60.4 Å². The van der Waals surface area contributed by atoms with Crippen molar-refractivity contribution in [3.05, 3.63) is 23.8 Å². The number of rotatable bonds is 4. The monoisotopic (exact) mass is 280 g/mol. The molecule has 0 heterocycles. The third-order valence-corrected chi connectivity index (χ3v) is 9.49. The quantitative estimate of drug-likeness (QED) is 0.474. The van der Waals surface area contributed by atoms with E-state index in [1.165, 1.54) is 11.1 Å². The maximum atomic E-state index is 6.61. The van der Waals surface area contributed by atoms with Crippen LogP contribution in [0.15, 0.2) is 23.8 Å². The molecule has 1 aliphatic rings. The zero-order chi connectivity index (χ0) is 14.8. The normalized spacial score (nSPS) is 25.1. The molecule has 0 radical (unpaired) electrons. The number of hydrogen-bond donors (Lipinski definition) is 0. The zero-order valence-electron chi connectivity index (χ0n) is 14.0. The van der Waals surface area contributed by atoms with Crippen LogP contribution in [0.5, 0.6) is 0 Å². The van der Waals surface area contributed by atoms with Gasteiger partial charge in [-0.2, -0.15) is 0 Å². The summed E-state index contributed by atoms with van der Waals surface area (Å²) >= 11 is 0. The second-order valence-corrected chi connectivity index (χ2v) is 12.3. The van der Waals surface area contributed by atoms with Crippen molar-refractivity contribution in [2.45, 2.75) is 78.1 Å². The van der Waals surface area contributed by atoms with Crippen LogP contribution in [-0.4, -0.2) is 14.4 Å². The van der Waals surface area contributed by atoms with Gasteiger partial charge in [-0.25, -0.2) is 0 Å². The molecule has 0 N–H and O–H groups in total. The van der Waals surface area contributed by atoms with Crippen LogP contribution in [0.25, 0.3) is 0 Å². The third kappa shape index (κ3) is 4.06. The molecule has 0 saturated heterocycles. The van der Waals surface area contributed by atoms with Gasteiger partial charge in [0.2, 0.25) is 0 Å². The van der Waals surface area contributed by atoms with Gasteiger partial charge in [-0.05, 0) is 55.8 Å². The summed E-state index contributed by atoms with van der Waals surface area (Å²) < 4.78 is 6.61. The van der Waals surface area contributed by atoms with Gasteiger partial charge in [-0.1, -0.05) is 45.9 Å². The zero-order valence-corrected chi connectivity index (χ0v) is 15.0. The molecule has 110 valence electrons. The highest BCUT2D eigenvalue weighted by molar-refractivity contribution is 6.74. The van der Waals surface area contributed by atoms with Crippen molar-refractivity contribution in [2.24, 2.45) is 5.92 Å². The Balaban J connectivity index is 2.80. The van der Waals surface area contributed by atoms with Crippen molar-refractivity contribution in [3.8, 4) is 0 Å². The van der Waals surface area contributed by atoms with E-state index < -0.39 is 8.32 Å². The van der Waals surface area contributed by atoms with E-state index in [-0.39, 0.29) is 5.04 Å². The average molecular weight is 281 g/mol. The molecule has 0 unspecified atom stereocenters. The highest BCUT2D eigenvalue weighted by atomic mass is 28.4. The van der Waals surface area contributed by atoms with Gasteiger partial charge in [0.1, 0.15) is 0 Å². The topological polar surface area (TPSA) is 9.23 Å². The molecule has 0 aromatic heterocycles. The minimum Gasteiger partial charge on any atom is -0.410 e. The standard InChI is InChI=1S/C17H32OSi/c1-9-13(2)15-11-10-14(3)16(12-15)18-19(7,8)17(4,5)6/h10,15-16H,2,9,11-12H2,1,3-8H3/t15-,16-/m1/s1. The first-order chi connectivity index (χ1) is 8.58. The third-order valence-electron chi connectivity index (χ3n) is 5.01. The van der Waals surface area contributed by atoms with Crippen molar-refractivity contribution in [1.29, 1.82) is 0 Å². The van der Waals surface area contributed by atoms with E-state index in [4.69, 9.17) is 4.43 Å². The van der Waals surface area contributed by atoms with Crippen molar-refractivity contribution >= 4 is 8.32 Å². The van der Waals surface area contributed by atoms with Crippen molar-refractivity contribution in [3.63, 3.8) is 0 Å². The Morgan fingerprint density at radius 2 is 2.00 bits per heavy atom. The Labute approximate surface area is 121 Å². The summed E-state index contributed by atoms with van der Waals surface area (Å²) in [6, 6.07) is 0. The highest BCUT2D eigenvalue weighted by Crippen LogP contribution is 2.40. The molecule has 0 spiro atoms. The van der Waals surface area contributed by atoms with E-state index in [9.17, 15) is 0 Å². The molecule has 1 aliphatic carbocycles. The number of hydrogen-bond acceptors (Lipinski definition) is 1. The van der Waals surface area contributed by atoms with Gasteiger partial charge in [0.05, 0.1) is 6.10 Å². The van der Waals surface area contributed by atoms with Gasteiger partial charge in [0.15, 0.2) is 8.32 Å². The van der Waals surface area contributed by atoms with Crippen LogP contribution in [0.4, 0.5) is 0 Å². The molecule has 2 heteroatoms. The Bertz CT molecular complexity index is 360. The van der Waals surface area contributed by atoms with Crippen LogP contribution in [0.3, 0.4) is 0 Å². The predicted molar refractivity (Wildman–Crippen MR) is 88.0 cm³/mol. The van der Waals surface area contributed by atoms with Crippen LogP contribution in [-0.2, 0) is 4.43 Å². The molecule has 0 saturated carbocycles. The first-order valence-corrected chi connectivity index (χ1v) is 10.5. The summed E-state index contributed by atoms with van der Waals surface area (Å²) in [6.45, 7) is 20.3. The average Bonchev–Trinajstić information content (AvgIpc) is 2.29. The van der Waals surface area contributed by atoms with Gasteiger partial charge in [0.25, 0.3) is 0 Å². The summed E-state index contributed by atoms with van der Waals surface area (Å²) in [5, 5.41) is 0.280. The molecule has 0 aromatic carbocycles. The van der Waals surface area contributed by atoms with Crippen molar-refractivity contribution in [2.75, 3.05) is 0 Å². The second kappa shape index (κ2) is 5.97. The summed E-state index contributed by atoms with van der Waals surface area (Å²) in [5.74, 6) is 0.614. The molecule has 1 rings (SSSR count). The molecular formula is C17H32OSi. The fourth-order valence-electron chi connectivity index (χ4n) is 2.30. The highest BCUT2D eigenvalue weighted by Gasteiger charge is 2.40. The second-order valence-electron chi connectivity index (χ2n) is 7.50. The van der Waals surface area contributed by atoms with Crippen LogP contribution < -0.4 is 0 Å². The van der Waals surface area contributed by atoms with Gasteiger partial charge < -0.3 is 4.43 Å². The van der Waals surface area contributed by atoms with E-state index in [0.717, 1.165) is 19.3 Å². The molecule has 0 bridgehead atoms. The summed E-state index contributed by atoms with van der Waals surface area (Å²) in [7, 11) is -1.68. The molecular weight excluding hydrogens is 248 g/mol. The summed E-state index contributed by atoms with van der Waals surface area (Å²) in [5.41, 5.74) is 2.80. The Hall–Kier alpha value is -0.343. The minimum absolute atomic E-state index is 0.280. The van der Waals surface area contributed by atoms with Crippen LogP contribution in [0.1, 0.15) is 53.9 Å². The van der Waals surface area contributed by atoms with E-state index in [1.807, 2.05) is 0 Å². The Morgan fingerprint density at radius 3 is 2.47 bits per heavy atom. The lowest BCUT2D eigenvalue weighted by atomic mass is 9.83. The minimum atomic E-state index is -1.68. The van der Waals surface area contributed by atoms with Gasteiger partial charge in [-0.3, -0.25) is 0 Å². The van der Waals surface area contributed by atoms with E-state index in [0.29, 0.717) is 12.0 Å².